The summed E-state index contributed by atoms with van der Waals surface area (Å²) in [5, 5.41) is 0. The Bertz CT molecular complexity index is 823. The number of pyridine rings is 1. The van der Waals surface area contributed by atoms with Crippen LogP contribution in [0.2, 0.25) is 0 Å². The number of halogens is 1. The summed E-state index contributed by atoms with van der Waals surface area (Å²) in [6.45, 7) is 0.387. The van der Waals surface area contributed by atoms with Crippen molar-refractivity contribution in [1.29, 1.82) is 0 Å². The van der Waals surface area contributed by atoms with Gasteiger partial charge in [-0.3, -0.25) is 9.78 Å². The molecular formula is C17H17FN2O3S. The van der Waals surface area contributed by atoms with Crippen molar-refractivity contribution in [2.24, 2.45) is 0 Å². The summed E-state index contributed by atoms with van der Waals surface area (Å²) >= 11 is 0. The third-order valence-electron chi connectivity index (χ3n) is 4.15. The first-order chi connectivity index (χ1) is 11.5. The molecule has 0 amide bonds. The maximum atomic E-state index is 13.0. The molecule has 1 atom stereocenters. The van der Waals surface area contributed by atoms with Crippen molar-refractivity contribution >= 4 is 15.8 Å². The number of ketones is 1. The number of carbonyl (C=O) groups is 1. The van der Waals surface area contributed by atoms with Crippen molar-refractivity contribution in [2.45, 2.75) is 30.2 Å². The van der Waals surface area contributed by atoms with Crippen molar-refractivity contribution in [1.82, 2.24) is 9.29 Å². The number of hydrogen-bond donors (Lipinski definition) is 0. The van der Waals surface area contributed by atoms with Crippen LogP contribution in [0.3, 0.4) is 0 Å². The van der Waals surface area contributed by atoms with E-state index < -0.39 is 15.8 Å². The topological polar surface area (TPSA) is 67.3 Å². The molecule has 2 heterocycles. The number of Topliss-reactive ketones (excluding diaryl/α,β-unsaturated/α-hetero) is 1. The summed E-state index contributed by atoms with van der Waals surface area (Å²) < 4.78 is 39.8. The number of sulfonamides is 1. The van der Waals surface area contributed by atoms with E-state index >= 15 is 0 Å². The summed E-state index contributed by atoms with van der Waals surface area (Å²) in [4.78, 5) is 16.4. The molecular weight excluding hydrogens is 331 g/mol. The molecule has 0 spiro atoms. The lowest BCUT2D eigenvalue weighted by molar-refractivity contribution is 0.0961. The monoisotopic (exact) mass is 348 g/mol. The summed E-state index contributed by atoms with van der Waals surface area (Å²) in [5.74, 6) is -0.596. The predicted octanol–water partition coefficient (Wildman–Crippen LogP) is 2.65. The Hall–Kier alpha value is -2.12. The molecule has 3 rings (SSSR count). The first-order valence-electron chi connectivity index (χ1n) is 7.69. The van der Waals surface area contributed by atoms with Crippen LogP contribution in [-0.2, 0) is 10.0 Å². The van der Waals surface area contributed by atoms with Gasteiger partial charge in [0, 0.05) is 37.0 Å². The molecule has 1 fully saturated rings. The zero-order valence-electron chi connectivity index (χ0n) is 12.9. The molecule has 1 saturated heterocycles. The third-order valence-corrected chi connectivity index (χ3v) is 6.09. The smallest absolute Gasteiger partial charge is 0.244 e. The van der Waals surface area contributed by atoms with Gasteiger partial charge >= 0.3 is 0 Å². The molecule has 1 aromatic heterocycles. The largest absolute Gasteiger partial charge is 0.294 e. The van der Waals surface area contributed by atoms with Gasteiger partial charge in [0.15, 0.2) is 5.78 Å². The number of benzene rings is 1. The molecule has 2 aromatic rings. The van der Waals surface area contributed by atoms with Gasteiger partial charge in [0.2, 0.25) is 10.0 Å². The van der Waals surface area contributed by atoms with Crippen LogP contribution in [0.15, 0.2) is 53.7 Å². The number of hydrogen-bond acceptors (Lipinski definition) is 4. The fraction of sp³-hybridized carbons (Fsp3) is 0.294. The quantitative estimate of drug-likeness (QED) is 0.779. The second-order valence-corrected chi connectivity index (χ2v) is 7.63. The fourth-order valence-electron chi connectivity index (χ4n) is 2.93. The van der Waals surface area contributed by atoms with E-state index in [1.54, 1.807) is 6.07 Å². The average Bonchev–Trinajstić information content (AvgIpc) is 3.05. The molecule has 5 nitrogen and oxygen atoms in total. The molecule has 0 bridgehead atoms. The van der Waals surface area contributed by atoms with Crippen molar-refractivity contribution in [3.05, 3.63) is 60.2 Å². The third kappa shape index (κ3) is 3.37. The molecule has 0 aliphatic carbocycles. The Morgan fingerprint density at radius 3 is 2.67 bits per heavy atom. The Labute approximate surface area is 140 Å². The van der Waals surface area contributed by atoms with E-state index in [2.05, 4.69) is 4.98 Å². The van der Waals surface area contributed by atoms with Crippen molar-refractivity contribution in [3.8, 4) is 0 Å². The lowest BCUT2D eigenvalue weighted by atomic mass is 10.0. The highest BCUT2D eigenvalue weighted by atomic mass is 32.2. The van der Waals surface area contributed by atoms with E-state index in [1.165, 1.54) is 47.0 Å². The molecule has 0 radical (unpaired) electrons. The first kappa shape index (κ1) is 16.7. The van der Waals surface area contributed by atoms with E-state index in [9.17, 15) is 17.6 Å². The van der Waals surface area contributed by atoms with Crippen LogP contribution in [0, 0.1) is 5.82 Å². The van der Waals surface area contributed by atoms with E-state index in [1.807, 2.05) is 0 Å². The second-order valence-electron chi connectivity index (χ2n) is 5.73. The van der Waals surface area contributed by atoms with Gasteiger partial charge in [0.05, 0.1) is 0 Å². The Balaban J connectivity index is 1.78. The van der Waals surface area contributed by atoms with Crippen molar-refractivity contribution < 1.29 is 17.6 Å². The summed E-state index contributed by atoms with van der Waals surface area (Å²) in [7, 11) is -3.66. The molecule has 1 aromatic carbocycles. The maximum Gasteiger partial charge on any atom is 0.244 e. The molecule has 0 saturated carbocycles. The van der Waals surface area contributed by atoms with Gasteiger partial charge in [-0.2, -0.15) is 4.31 Å². The van der Waals surface area contributed by atoms with Gasteiger partial charge in [-0.15, -0.1) is 0 Å². The number of carbonyl (C=O) groups excluding carboxylic acids is 1. The van der Waals surface area contributed by atoms with E-state index in [-0.39, 0.29) is 23.1 Å². The van der Waals surface area contributed by atoms with Crippen molar-refractivity contribution in [2.75, 3.05) is 6.54 Å². The normalized spacial score (nSPS) is 18.6. The van der Waals surface area contributed by atoms with E-state index in [0.717, 1.165) is 0 Å². The van der Waals surface area contributed by atoms with Crippen LogP contribution in [0.5, 0.6) is 0 Å². The van der Waals surface area contributed by atoms with Gasteiger partial charge < -0.3 is 0 Å². The SMILES string of the molecule is O=C(C[C@@H]1CCCN1S(=O)(=O)c1cccnc1)c1ccc(F)cc1. The van der Waals surface area contributed by atoms with Crippen LogP contribution in [0.4, 0.5) is 4.39 Å². The van der Waals surface area contributed by atoms with Crippen LogP contribution < -0.4 is 0 Å². The van der Waals surface area contributed by atoms with Crippen LogP contribution in [-0.4, -0.2) is 36.1 Å². The minimum atomic E-state index is -3.66. The van der Waals surface area contributed by atoms with Gasteiger partial charge in [-0.25, -0.2) is 12.8 Å². The van der Waals surface area contributed by atoms with Crippen LogP contribution in [0.1, 0.15) is 29.6 Å². The molecule has 1 aliphatic rings. The molecule has 24 heavy (non-hydrogen) atoms. The number of nitrogens with zero attached hydrogens (tertiary/aromatic N) is 2. The molecule has 7 heteroatoms. The lowest BCUT2D eigenvalue weighted by Gasteiger charge is -2.23. The summed E-state index contributed by atoms with van der Waals surface area (Å²) in [5.41, 5.74) is 0.391. The highest BCUT2D eigenvalue weighted by Crippen LogP contribution is 2.28. The molecule has 0 unspecified atom stereocenters. The van der Waals surface area contributed by atoms with Crippen LogP contribution in [0.25, 0.3) is 0 Å². The maximum absolute atomic E-state index is 13.0. The average molecular weight is 348 g/mol. The zero-order valence-corrected chi connectivity index (χ0v) is 13.7. The Morgan fingerprint density at radius 2 is 2.00 bits per heavy atom. The Kier molecular flexibility index (Phi) is 4.73. The predicted molar refractivity (Wildman–Crippen MR) is 86.5 cm³/mol. The summed E-state index contributed by atoms with van der Waals surface area (Å²) in [6.07, 6.45) is 4.25. The second kappa shape index (κ2) is 6.78. The van der Waals surface area contributed by atoms with Gasteiger partial charge in [0.1, 0.15) is 10.7 Å². The standard InChI is InChI=1S/C17H17FN2O3S/c18-14-7-5-13(6-8-14)17(21)11-15-3-2-10-20(15)24(22,23)16-4-1-9-19-12-16/h1,4-9,12,15H,2-3,10-11H2/t15-/m0/s1. The molecule has 0 N–H and O–H groups in total. The Morgan fingerprint density at radius 1 is 1.25 bits per heavy atom. The van der Waals surface area contributed by atoms with Crippen LogP contribution >= 0.6 is 0 Å². The van der Waals surface area contributed by atoms with Crippen molar-refractivity contribution in [3.63, 3.8) is 0 Å². The van der Waals surface area contributed by atoms with Gasteiger partial charge in [-0.05, 0) is 49.2 Å². The minimum absolute atomic E-state index is 0.0884. The minimum Gasteiger partial charge on any atom is -0.294 e. The van der Waals surface area contributed by atoms with E-state index in [0.29, 0.717) is 24.9 Å². The summed E-state index contributed by atoms with van der Waals surface area (Å²) in [6, 6.07) is 7.99. The van der Waals surface area contributed by atoms with E-state index in [4.69, 9.17) is 0 Å². The first-order valence-corrected chi connectivity index (χ1v) is 9.13. The zero-order chi connectivity index (χ0) is 17.2. The highest BCUT2D eigenvalue weighted by Gasteiger charge is 2.36. The van der Waals surface area contributed by atoms with Gasteiger partial charge in [-0.1, -0.05) is 0 Å². The van der Waals surface area contributed by atoms with Gasteiger partial charge in [0.25, 0.3) is 0 Å². The molecule has 1 aliphatic heterocycles. The number of aromatic nitrogens is 1. The molecule has 126 valence electrons. The number of rotatable bonds is 5. The lowest BCUT2D eigenvalue weighted by Crippen LogP contribution is -2.36. The fourth-order valence-corrected chi connectivity index (χ4v) is 4.59. The highest BCUT2D eigenvalue weighted by molar-refractivity contribution is 7.89.